The van der Waals surface area contributed by atoms with E-state index in [1.165, 1.54) is 11.8 Å². The third-order valence-corrected chi connectivity index (χ3v) is 5.44. The van der Waals surface area contributed by atoms with Crippen molar-refractivity contribution in [1.82, 2.24) is 24.9 Å². The fourth-order valence-corrected chi connectivity index (χ4v) is 3.74. The van der Waals surface area contributed by atoms with E-state index < -0.39 is 0 Å². The molecule has 0 spiro atoms. The Bertz CT molecular complexity index is 785. The van der Waals surface area contributed by atoms with Gasteiger partial charge in [0.15, 0.2) is 0 Å². The van der Waals surface area contributed by atoms with Crippen molar-refractivity contribution in [2.24, 2.45) is 0 Å². The average Bonchev–Trinajstić information content (AvgIpc) is 3.26. The quantitative estimate of drug-likeness (QED) is 0.747. The second-order valence-electron chi connectivity index (χ2n) is 6.93. The zero-order valence-electron chi connectivity index (χ0n) is 15.9. The van der Waals surface area contributed by atoms with Gasteiger partial charge >= 0.3 is 0 Å². The minimum Gasteiger partial charge on any atom is -0.378 e. The lowest BCUT2D eigenvalue weighted by Gasteiger charge is -2.17. The molecule has 1 amide bonds. The Morgan fingerprint density at radius 1 is 1.42 bits per heavy atom. The summed E-state index contributed by atoms with van der Waals surface area (Å²) in [5, 5.41) is 8.22. The van der Waals surface area contributed by atoms with Gasteiger partial charge in [-0.15, -0.1) is 5.10 Å². The molecule has 1 N–H and O–H groups in total. The van der Waals surface area contributed by atoms with Crippen LogP contribution in [0.4, 0.5) is 0 Å². The first-order chi connectivity index (χ1) is 12.5. The number of ether oxygens (including phenoxy) is 1. The van der Waals surface area contributed by atoms with Gasteiger partial charge in [-0.1, -0.05) is 11.8 Å². The number of rotatable bonds is 7. The largest absolute Gasteiger partial charge is 0.378 e. The van der Waals surface area contributed by atoms with Crippen LogP contribution in [-0.2, 0) is 16.0 Å². The summed E-state index contributed by atoms with van der Waals surface area (Å²) in [4.78, 5) is 21.4. The molecule has 3 rings (SSSR count). The fourth-order valence-electron chi connectivity index (χ4n) is 3.40. The monoisotopic (exact) mass is 377 g/mol. The summed E-state index contributed by atoms with van der Waals surface area (Å²) < 4.78 is 7.37. The Labute approximate surface area is 158 Å². The van der Waals surface area contributed by atoms with Gasteiger partial charge in [0, 0.05) is 29.6 Å². The molecular formula is C18H27N5O2S. The van der Waals surface area contributed by atoms with Crippen LogP contribution in [0.5, 0.6) is 0 Å². The molecule has 1 saturated heterocycles. The maximum absolute atomic E-state index is 12.5. The predicted molar refractivity (Wildman–Crippen MR) is 102 cm³/mol. The number of aromatic nitrogens is 4. The second kappa shape index (κ2) is 8.35. The Morgan fingerprint density at radius 3 is 2.92 bits per heavy atom. The molecule has 8 heteroatoms. The summed E-state index contributed by atoms with van der Waals surface area (Å²) in [6.07, 6.45) is 6.84. The molecular weight excluding hydrogens is 350 g/mol. The van der Waals surface area contributed by atoms with Crippen molar-refractivity contribution >= 4 is 23.4 Å². The summed E-state index contributed by atoms with van der Waals surface area (Å²) in [6, 6.07) is 0.137. The summed E-state index contributed by atoms with van der Waals surface area (Å²) in [5.41, 5.74) is 2.67. The highest BCUT2D eigenvalue weighted by Gasteiger charge is 2.19. The van der Waals surface area contributed by atoms with Crippen LogP contribution in [0, 0.1) is 13.8 Å². The van der Waals surface area contributed by atoms with Crippen LogP contribution >= 0.6 is 11.8 Å². The molecule has 1 aliphatic rings. The molecule has 0 aromatic carbocycles. The molecule has 2 unspecified atom stereocenters. The highest BCUT2D eigenvalue weighted by molar-refractivity contribution is 7.98. The Morgan fingerprint density at radius 2 is 2.23 bits per heavy atom. The van der Waals surface area contributed by atoms with Crippen LogP contribution in [0.25, 0.3) is 5.78 Å². The first-order valence-corrected chi connectivity index (χ1v) is 10.4. The molecule has 2 aromatic rings. The molecule has 1 aliphatic heterocycles. The summed E-state index contributed by atoms with van der Waals surface area (Å²) >= 11 is 1.48. The lowest BCUT2D eigenvalue weighted by molar-refractivity contribution is -0.121. The van der Waals surface area contributed by atoms with Crippen LogP contribution in [-0.4, -0.2) is 50.5 Å². The lowest BCUT2D eigenvalue weighted by atomic mass is 10.1. The Kier molecular flexibility index (Phi) is 6.13. The van der Waals surface area contributed by atoms with Gasteiger partial charge in [-0.25, -0.2) is 9.50 Å². The number of hydrogen-bond donors (Lipinski definition) is 1. The van der Waals surface area contributed by atoms with Crippen LogP contribution in [0.2, 0.25) is 0 Å². The molecule has 1 fully saturated rings. The average molecular weight is 378 g/mol. The number of amides is 1. The van der Waals surface area contributed by atoms with Gasteiger partial charge in [0.05, 0.1) is 12.5 Å². The van der Waals surface area contributed by atoms with Crippen molar-refractivity contribution in [2.45, 2.75) is 70.2 Å². The van der Waals surface area contributed by atoms with Gasteiger partial charge in [-0.05, 0) is 52.7 Å². The maximum Gasteiger partial charge on any atom is 0.253 e. The molecule has 0 radical (unpaired) electrons. The molecule has 142 valence electrons. The maximum atomic E-state index is 12.5. The van der Waals surface area contributed by atoms with Crippen molar-refractivity contribution < 1.29 is 9.53 Å². The van der Waals surface area contributed by atoms with Crippen molar-refractivity contribution in [2.75, 3.05) is 12.9 Å². The third-order valence-electron chi connectivity index (χ3n) is 4.90. The van der Waals surface area contributed by atoms with Crippen LogP contribution in [0.15, 0.2) is 5.16 Å². The number of carbonyl (C=O) groups is 1. The van der Waals surface area contributed by atoms with Gasteiger partial charge in [0.25, 0.3) is 5.78 Å². The van der Waals surface area contributed by atoms with Crippen molar-refractivity contribution in [3.05, 3.63) is 17.0 Å². The molecule has 2 aromatic heterocycles. The minimum absolute atomic E-state index is 0.0161. The SMILES string of the molecule is CSc1nc2nc(C)c(CC(=O)NC(C)CCC3CCCO3)c(C)n2n1. The van der Waals surface area contributed by atoms with Gasteiger partial charge in [0.1, 0.15) is 0 Å². The van der Waals surface area contributed by atoms with Gasteiger partial charge in [-0.3, -0.25) is 4.79 Å². The number of nitrogens with zero attached hydrogens (tertiary/aromatic N) is 4. The van der Waals surface area contributed by atoms with Crippen molar-refractivity contribution in [3.63, 3.8) is 0 Å². The van der Waals surface area contributed by atoms with Crippen molar-refractivity contribution in [1.29, 1.82) is 0 Å². The van der Waals surface area contributed by atoms with Crippen LogP contribution in [0.1, 0.15) is 49.6 Å². The minimum atomic E-state index is 0.0161. The summed E-state index contributed by atoms with van der Waals surface area (Å²) in [5.74, 6) is 0.598. The first kappa shape index (κ1) is 19.1. The number of hydrogen-bond acceptors (Lipinski definition) is 6. The number of carbonyl (C=O) groups excluding carboxylic acids is 1. The highest BCUT2D eigenvalue weighted by Crippen LogP contribution is 2.19. The van der Waals surface area contributed by atoms with E-state index in [0.29, 0.717) is 23.5 Å². The van der Waals surface area contributed by atoms with E-state index in [0.717, 1.165) is 49.2 Å². The fraction of sp³-hybridized carbons (Fsp3) is 0.667. The van der Waals surface area contributed by atoms with Crippen LogP contribution in [0.3, 0.4) is 0 Å². The zero-order chi connectivity index (χ0) is 18.7. The van der Waals surface area contributed by atoms with Gasteiger partial charge < -0.3 is 10.1 Å². The molecule has 2 atom stereocenters. The molecule has 7 nitrogen and oxygen atoms in total. The number of aryl methyl sites for hydroxylation is 2. The van der Waals surface area contributed by atoms with E-state index in [2.05, 4.69) is 27.3 Å². The number of thioether (sulfide) groups is 1. The van der Waals surface area contributed by atoms with E-state index in [1.54, 1.807) is 4.52 Å². The van der Waals surface area contributed by atoms with E-state index in [4.69, 9.17) is 4.74 Å². The lowest BCUT2D eigenvalue weighted by Crippen LogP contribution is -2.34. The normalized spacial score (nSPS) is 18.4. The first-order valence-electron chi connectivity index (χ1n) is 9.15. The smallest absolute Gasteiger partial charge is 0.253 e. The second-order valence-corrected chi connectivity index (χ2v) is 7.70. The highest BCUT2D eigenvalue weighted by atomic mass is 32.2. The Balaban J connectivity index is 1.62. The van der Waals surface area contributed by atoms with Gasteiger partial charge in [0.2, 0.25) is 11.1 Å². The zero-order valence-corrected chi connectivity index (χ0v) is 16.7. The third kappa shape index (κ3) is 4.35. The van der Waals surface area contributed by atoms with Gasteiger partial charge in [-0.2, -0.15) is 4.98 Å². The van der Waals surface area contributed by atoms with E-state index in [-0.39, 0.29) is 11.9 Å². The molecule has 0 aliphatic carbocycles. The van der Waals surface area contributed by atoms with E-state index in [1.807, 2.05) is 20.1 Å². The topological polar surface area (TPSA) is 81.4 Å². The molecule has 0 bridgehead atoms. The number of nitrogens with one attached hydrogen (secondary N) is 1. The predicted octanol–water partition coefficient (Wildman–Crippen LogP) is 2.47. The summed E-state index contributed by atoms with van der Waals surface area (Å²) in [6.45, 7) is 6.81. The molecule has 26 heavy (non-hydrogen) atoms. The molecule has 0 saturated carbocycles. The standard InChI is InChI=1S/C18H27N5O2S/c1-11(7-8-14-6-5-9-25-14)19-16(24)10-15-12(2)20-17-21-18(26-4)22-23(17)13(15)3/h11,14H,5-10H2,1-4H3,(H,19,24). The Hall–Kier alpha value is -1.67. The number of fused-ring (bicyclic) bond motifs is 1. The van der Waals surface area contributed by atoms with Crippen LogP contribution < -0.4 is 5.32 Å². The summed E-state index contributed by atoms with van der Waals surface area (Å²) in [7, 11) is 0. The molecule has 3 heterocycles. The van der Waals surface area contributed by atoms with Crippen molar-refractivity contribution in [3.8, 4) is 0 Å². The van der Waals surface area contributed by atoms with E-state index in [9.17, 15) is 4.79 Å². The van der Waals surface area contributed by atoms with E-state index >= 15 is 0 Å².